The monoisotopic (exact) mass is 420 g/mol. The van der Waals surface area contributed by atoms with Crippen LogP contribution in [0.3, 0.4) is 0 Å². The maximum absolute atomic E-state index is 11.3. The molecule has 0 saturated carbocycles. The Morgan fingerprint density at radius 3 is 2.23 bits per heavy atom. The second kappa shape index (κ2) is 8.90. The van der Waals surface area contributed by atoms with Gasteiger partial charge in [-0.3, -0.25) is 4.79 Å². The summed E-state index contributed by atoms with van der Waals surface area (Å²) >= 11 is 6.03. The number of halogens is 1. The molecule has 3 aromatic rings. The Kier molecular flexibility index (Phi) is 6.07. The summed E-state index contributed by atoms with van der Waals surface area (Å²) in [7, 11) is 0. The normalized spacial score (nSPS) is 15.7. The van der Waals surface area contributed by atoms with E-state index in [0.29, 0.717) is 10.6 Å². The van der Waals surface area contributed by atoms with E-state index in [1.54, 1.807) is 12.1 Å². The highest BCUT2D eigenvalue weighted by molar-refractivity contribution is 6.30. The first-order chi connectivity index (χ1) is 14.5. The summed E-state index contributed by atoms with van der Waals surface area (Å²) in [4.78, 5) is 13.6. The van der Waals surface area contributed by atoms with Crippen molar-refractivity contribution in [2.45, 2.75) is 18.9 Å². The fourth-order valence-corrected chi connectivity index (χ4v) is 4.34. The Morgan fingerprint density at radius 2 is 1.60 bits per heavy atom. The summed E-state index contributed by atoms with van der Waals surface area (Å²) in [5.74, 6) is -0.220. The van der Waals surface area contributed by atoms with Crippen LogP contribution in [0.2, 0.25) is 5.02 Å². The van der Waals surface area contributed by atoms with Gasteiger partial charge < -0.3 is 15.7 Å². The summed E-state index contributed by atoms with van der Waals surface area (Å²) in [5, 5.41) is 11.9. The molecule has 154 valence electrons. The Hall–Kier alpha value is -2.82. The van der Waals surface area contributed by atoms with Gasteiger partial charge in [-0.1, -0.05) is 48.0 Å². The van der Waals surface area contributed by atoms with Crippen LogP contribution < -0.4 is 10.6 Å². The van der Waals surface area contributed by atoms with Crippen LogP contribution in [0.5, 0.6) is 0 Å². The highest BCUT2D eigenvalue weighted by atomic mass is 35.5. The summed E-state index contributed by atoms with van der Waals surface area (Å²) in [5.41, 5.74) is 9.98. The molecule has 5 heteroatoms. The number of rotatable bonds is 5. The number of nitrogens with two attached hydrogens (primary N) is 1. The Balaban J connectivity index is 1.46. The smallest absolute Gasteiger partial charge is 0.248 e. The van der Waals surface area contributed by atoms with Crippen molar-refractivity contribution in [2.75, 3.05) is 18.0 Å². The van der Waals surface area contributed by atoms with E-state index in [4.69, 9.17) is 17.3 Å². The minimum Gasteiger partial charge on any atom is -0.388 e. The first kappa shape index (κ1) is 20.5. The van der Waals surface area contributed by atoms with Gasteiger partial charge in [0.05, 0.1) is 6.10 Å². The lowest BCUT2D eigenvalue weighted by atomic mass is 9.84. The molecule has 4 rings (SSSR count). The second-order valence-corrected chi connectivity index (χ2v) is 8.21. The molecule has 1 aliphatic rings. The molecule has 1 fully saturated rings. The molecule has 0 bridgehead atoms. The van der Waals surface area contributed by atoms with E-state index in [1.807, 2.05) is 54.6 Å². The van der Waals surface area contributed by atoms with Crippen molar-refractivity contribution < 1.29 is 9.90 Å². The maximum Gasteiger partial charge on any atom is 0.248 e. The summed E-state index contributed by atoms with van der Waals surface area (Å²) in [6, 6.07) is 23.2. The zero-order chi connectivity index (χ0) is 21.1. The van der Waals surface area contributed by atoms with E-state index in [0.717, 1.165) is 48.3 Å². The van der Waals surface area contributed by atoms with Crippen molar-refractivity contribution in [3.63, 3.8) is 0 Å². The average Bonchev–Trinajstić information content (AvgIpc) is 2.79. The van der Waals surface area contributed by atoms with Gasteiger partial charge in [-0.2, -0.15) is 0 Å². The zero-order valence-electron chi connectivity index (χ0n) is 16.7. The number of anilines is 1. The fourth-order valence-electron chi connectivity index (χ4n) is 4.21. The molecule has 0 aromatic heterocycles. The third-order valence-electron chi connectivity index (χ3n) is 5.94. The van der Waals surface area contributed by atoms with Gasteiger partial charge in [0.1, 0.15) is 0 Å². The number of nitrogens with zero attached hydrogens (tertiary/aromatic N) is 1. The van der Waals surface area contributed by atoms with Crippen molar-refractivity contribution in [3.05, 3.63) is 88.9 Å². The van der Waals surface area contributed by atoms with Gasteiger partial charge in [-0.15, -0.1) is 0 Å². The average molecular weight is 421 g/mol. The molecular formula is C25H25ClN2O2. The minimum absolute atomic E-state index is 0.194. The number of hydrogen-bond donors (Lipinski definition) is 2. The number of carbonyl (C=O) groups is 1. The Bertz CT molecular complexity index is 1010. The highest BCUT2D eigenvalue weighted by Gasteiger charge is 2.28. The molecular weight excluding hydrogens is 396 g/mol. The molecule has 3 aromatic carbocycles. The molecule has 0 spiro atoms. The lowest BCUT2D eigenvalue weighted by molar-refractivity contribution is 0.0934. The molecule has 1 atom stereocenters. The van der Waals surface area contributed by atoms with Crippen molar-refractivity contribution in [1.29, 1.82) is 0 Å². The summed E-state index contributed by atoms with van der Waals surface area (Å²) in [6.45, 7) is 1.72. The van der Waals surface area contributed by atoms with Crippen molar-refractivity contribution in [2.24, 2.45) is 11.7 Å². The van der Waals surface area contributed by atoms with Crippen LogP contribution in [0.25, 0.3) is 11.1 Å². The molecule has 1 saturated heterocycles. The SMILES string of the molecule is NC(=O)c1ccc(N2CCC(C(O)c3ccccc3-c3ccc(Cl)cc3)CC2)cc1. The molecule has 0 aliphatic carbocycles. The number of carbonyl (C=O) groups excluding carboxylic acids is 1. The van der Waals surface area contributed by atoms with Crippen LogP contribution in [0, 0.1) is 5.92 Å². The van der Waals surface area contributed by atoms with Gasteiger partial charge in [0.2, 0.25) is 5.91 Å². The number of primary amides is 1. The quantitative estimate of drug-likeness (QED) is 0.606. The lowest BCUT2D eigenvalue weighted by Gasteiger charge is -2.36. The van der Waals surface area contributed by atoms with Crippen LogP contribution in [-0.4, -0.2) is 24.1 Å². The number of benzene rings is 3. The van der Waals surface area contributed by atoms with Crippen LogP contribution >= 0.6 is 11.6 Å². The zero-order valence-corrected chi connectivity index (χ0v) is 17.4. The van der Waals surface area contributed by atoms with E-state index >= 15 is 0 Å². The fraction of sp³-hybridized carbons (Fsp3) is 0.240. The molecule has 1 heterocycles. The second-order valence-electron chi connectivity index (χ2n) is 7.77. The van der Waals surface area contributed by atoms with Crippen LogP contribution in [-0.2, 0) is 0 Å². The first-order valence-corrected chi connectivity index (χ1v) is 10.6. The first-order valence-electron chi connectivity index (χ1n) is 10.2. The van der Waals surface area contributed by atoms with Gasteiger partial charge in [0, 0.05) is 29.4 Å². The van der Waals surface area contributed by atoms with E-state index in [-0.39, 0.29) is 5.92 Å². The highest BCUT2D eigenvalue weighted by Crippen LogP contribution is 2.37. The predicted octanol–water partition coefficient (Wildman–Crippen LogP) is 5.06. The molecule has 30 heavy (non-hydrogen) atoms. The maximum atomic E-state index is 11.3. The molecule has 3 N–H and O–H groups in total. The van der Waals surface area contributed by atoms with Gasteiger partial charge in [-0.05, 0) is 71.8 Å². The third kappa shape index (κ3) is 4.35. The minimum atomic E-state index is -0.517. The lowest BCUT2D eigenvalue weighted by Crippen LogP contribution is -2.35. The molecule has 0 radical (unpaired) electrons. The van der Waals surface area contributed by atoms with E-state index in [2.05, 4.69) is 11.0 Å². The Labute approximate surface area is 181 Å². The number of hydrogen-bond acceptors (Lipinski definition) is 3. The van der Waals surface area contributed by atoms with Crippen LogP contribution in [0.1, 0.15) is 34.9 Å². The van der Waals surface area contributed by atoms with E-state index in [1.165, 1.54) is 0 Å². The largest absolute Gasteiger partial charge is 0.388 e. The standard InChI is InChI=1S/C25H25ClN2O2/c26-20-9-5-17(6-10-20)22-3-1-2-4-23(22)24(29)18-13-15-28(16-14-18)21-11-7-19(8-12-21)25(27)30/h1-12,18,24,29H,13-16H2,(H2,27,30). The number of amides is 1. The van der Waals surface area contributed by atoms with Gasteiger partial charge >= 0.3 is 0 Å². The van der Waals surface area contributed by atoms with Crippen LogP contribution in [0.15, 0.2) is 72.8 Å². The van der Waals surface area contributed by atoms with Crippen molar-refractivity contribution >= 4 is 23.2 Å². The number of aliphatic hydroxyl groups is 1. The predicted molar refractivity (Wildman–Crippen MR) is 122 cm³/mol. The molecule has 4 nitrogen and oxygen atoms in total. The third-order valence-corrected chi connectivity index (χ3v) is 6.19. The topological polar surface area (TPSA) is 66.6 Å². The van der Waals surface area contributed by atoms with Gasteiger partial charge in [-0.25, -0.2) is 0 Å². The summed E-state index contributed by atoms with van der Waals surface area (Å²) < 4.78 is 0. The van der Waals surface area contributed by atoms with E-state index < -0.39 is 12.0 Å². The van der Waals surface area contributed by atoms with E-state index in [9.17, 15) is 9.90 Å². The molecule has 1 aliphatic heterocycles. The van der Waals surface area contributed by atoms with Gasteiger partial charge in [0.25, 0.3) is 0 Å². The molecule has 1 unspecified atom stereocenters. The summed E-state index contributed by atoms with van der Waals surface area (Å²) in [6.07, 6.45) is 1.28. The van der Waals surface area contributed by atoms with Gasteiger partial charge in [0.15, 0.2) is 0 Å². The van der Waals surface area contributed by atoms with Crippen LogP contribution in [0.4, 0.5) is 5.69 Å². The van der Waals surface area contributed by atoms with Crippen molar-refractivity contribution in [3.8, 4) is 11.1 Å². The molecule has 1 amide bonds. The number of aliphatic hydroxyl groups excluding tert-OH is 1. The Morgan fingerprint density at radius 1 is 0.967 bits per heavy atom. The van der Waals surface area contributed by atoms with Crippen molar-refractivity contribution in [1.82, 2.24) is 0 Å². The number of piperidine rings is 1.